The summed E-state index contributed by atoms with van der Waals surface area (Å²) in [6.07, 6.45) is 4.62. The zero-order valence-corrected chi connectivity index (χ0v) is 24.6. The van der Waals surface area contributed by atoms with Gasteiger partial charge in [0, 0.05) is 60.3 Å². The first-order chi connectivity index (χ1) is 21.0. The third-order valence-electron chi connectivity index (χ3n) is 8.12. The van der Waals surface area contributed by atoms with Crippen LogP contribution in [0.25, 0.3) is 28.2 Å². The quantitative estimate of drug-likeness (QED) is 0.323. The lowest BCUT2D eigenvalue weighted by atomic mass is 10.1. The highest BCUT2D eigenvalue weighted by Crippen LogP contribution is 2.31. The number of ether oxygens (including phenoxy) is 1. The number of aromatic nitrogens is 2. The number of rotatable bonds is 6. The molecule has 0 bridgehead atoms. The summed E-state index contributed by atoms with van der Waals surface area (Å²) >= 11 is 1.35. The van der Waals surface area contributed by atoms with Crippen LogP contribution in [0.2, 0.25) is 0 Å². The number of carbonyl (C=O) groups is 1. The summed E-state index contributed by atoms with van der Waals surface area (Å²) in [5.41, 5.74) is 5.51. The van der Waals surface area contributed by atoms with E-state index in [4.69, 9.17) is 4.74 Å². The van der Waals surface area contributed by atoms with Crippen molar-refractivity contribution in [1.29, 1.82) is 0 Å². The number of nitrogens with one attached hydrogen (secondary N) is 1. The molecule has 0 aliphatic carbocycles. The van der Waals surface area contributed by atoms with Crippen molar-refractivity contribution in [1.82, 2.24) is 14.0 Å². The van der Waals surface area contributed by atoms with Crippen molar-refractivity contribution < 1.29 is 13.9 Å². The molecule has 7 rings (SSSR count). The van der Waals surface area contributed by atoms with Gasteiger partial charge in [0.15, 0.2) is 0 Å². The molecule has 7 nitrogen and oxygen atoms in total. The van der Waals surface area contributed by atoms with Gasteiger partial charge in [0.2, 0.25) is 0 Å². The number of carbonyl (C=O) groups excluding carboxylic acids is 1. The van der Waals surface area contributed by atoms with Crippen LogP contribution in [0, 0.1) is 12.7 Å². The van der Waals surface area contributed by atoms with E-state index in [0.717, 1.165) is 72.5 Å². The smallest absolute Gasteiger partial charge is 0.269 e. The number of nitrogens with zero attached hydrogens (tertiary/aromatic N) is 3. The van der Waals surface area contributed by atoms with Gasteiger partial charge in [-0.25, -0.2) is 4.39 Å². The normalized spacial score (nSPS) is 17.1. The molecule has 9 heteroatoms. The minimum absolute atomic E-state index is 0.119. The topological polar surface area (TPSA) is 68.5 Å². The Morgan fingerprint density at radius 3 is 2.67 bits per heavy atom. The molecule has 218 valence electrons. The number of benzene rings is 3. The number of para-hydroxylation sites is 1. The number of amides is 1. The predicted molar refractivity (Wildman–Crippen MR) is 169 cm³/mol. The minimum atomic E-state index is -0.314. The van der Waals surface area contributed by atoms with Crippen molar-refractivity contribution in [3.05, 3.63) is 115 Å². The molecule has 2 aromatic heterocycles. The number of thiazole rings is 1. The number of hydrogen-bond acceptors (Lipinski definition) is 5. The average molecular weight is 595 g/mol. The summed E-state index contributed by atoms with van der Waals surface area (Å²) in [7, 11) is 0. The number of hydrogen-bond donors (Lipinski definition) is 1. The number of fused-ring (bicyclic) bond motifs is 2. The second-order valence-corrected chi connectivity index (χ2v) is 12.0. The minimum Gasteiger partial charge on any atom is -0.379 e. The highest BCUT2D eigenvalue weighted by molar-refractivity contribution is 7.07. The third-order valence-corrected chi connectivity index (χ3v) is 9.25. The first-order valence-electron chi connectivity index (χ1n) is 14.5. The lowest BCUT2D eigenvalue weighted by Crippen LogP contribution is -2.38. The monoisotopic (exact) mass is 594 g/mol. The largest absolute Gasteiger partial charge is 0.379 e. The summed E-state index contributed by atoms with van der Waals surface area (Å²) in [5, 5.41) is 3.94. The first kappa shape index (κ1) is 27.5. The fourth-order valence-electron chi connectivity index (χ4n) is 5.98. The average Bonchev–Trinajstić information content (AvgIpc) is 3.64. The zero-order valence-electron chi connectivity index (χ0n) is 23.8. The van der Waals surface area contributed by atoms with E-state index in [1.54, 1.807) is 10.6 Å². The van der Waals surface area contributed by atoms with Gasteiger partial charge in [-0.05, 0) is 55.8 Å². The molecule has 1 saturated heterocycles. The third kappa shape index (κ3) is 5.24. The number of halogens is 1. The summed E-state index contributed by atoms with van der Waals surface area (Å²) in [6.45, 7) is 6.55. The van der Waals surface area contributed by atoms with Crippen molar-refractivity contribution in [2.45, 2.75) is 19.9 Å². The van der Waals surface area contributed by atoms with Crippen molar-refractivity contribution in [2.75, 3.05) is 38.2 Å². The van der Waals surface area contributed by atoms with E-state index in [2.05, 4.69) is 10.2 Å². The van der Waals surface area contributed by atoms with Gasteiger partial charge < -0.3 is 14.6 Å². The van der Waals surface area contributed by atoms with Gasteiger partial charge in [-0.3, -0.25) is 19.1 Å². The lowest BCUT2D eigenvalue weighted by molar-refractivity contribution is -0.110. The fourth-order valence-corrected chi connectivity index (χ4v) is 7.16. The molecule has 2 aliphatic heterocycles. The zero-order chi connectivity index (χ0) is 29.5. The molecular weight excluding hydrogens is 563 g/mol. The Kier molecular flexibility index (Phi) is 7.30. The Balaban J connectivity index is 1.39. The van der Waals surface area contributed by atoms with Crippen LogP contribution >= 0.6 is 11.3 Å². The highest BCUT2D eigenvalue weighted by atomic mass is 32.1. The van der Waals surface area contributed by atoms with Gasteiger partial charge in [-0.2, -0.15) is 0 Å². The molecule has 0 spiro atoms. The Morgan fingerprint density at radius 1 is 1.00 bits per heavy atom. The van der Waals surface area contributed by atoms with Crippen LogP contribution in [0.5, 0.6) is 0 Å². The SMILES string of the molecule is Cc1ccc2c(c1)C(=c1sc(=Cc3cn(-c4cccc(F)c4)c4ccccc34)c(=O)n1CCCN1CCOCC1)C(=O)N2. The fraction of sp³-hybridized carbons (Fsp3) is 0.235. The standard InChI is InChI=1S/C34H31FN4O3S/c1-22-10-11-28-27(18-22)31(32(40)36-28)34-38(13-5-12-37-14-16-42-17-15-37)33(41)30(43-34)19-23-21-39(25-7-4-6-24(35)20-25)29-9-3-2-8-26(23)29/h2-4,6-11,18-21H,5,12-17H2,1H3,(H,36,40). The summed E-state index contributed by atoms with van der Waals surface area (Å²) in [4.78, 5) is 29.8. The lowest BCUT2D eigenvalue weighted by Gasteiger charge is -2.26. The molecule has 4 heterocycles. The molecule has 1 N–H and O–H groups in total. The van der Waals surface area contributed by atoms with E-state index < -0.39 is 0 Å². The van der Waals surface area contributed by atoms with E-state index in [0.29, 0.717) is 27.0 Å². The number of aryl methyl sites for hydroxylation is 1. The van der Waals surface area contributed by atoms with E-state index in [-0.39, 0.29) is 17.3 Å². The molecule has 5 aromatic rings. The van der Waals surface area contributed by atoms with Gasteiger partial charge in [-0.1, -0.05) is 35.9 Å². The molecule has 0 saturated carbocycles. The van der Waals surface area contributed by atoms with Crippen molar-refractivity contribution in [3.63, 3.8) is 0 Å². The summed E-state index contributed by atoms with van der Waals surface area (Å²) < 4.78 is 24.5. The molecule has 0 radical (unpaired) electrons. The Hall–Kier alpha value is -4.31. The number of morpholine rings is 1. The molecule has 1 amide bonds. The molecule has 0 atom stereocenters. The molecule has 2 aliphatic rings. The highest BCUT2D eigenvalue weighted by Gasteiger charge is 2.27. The summed E-state index contributed by atoms with van der Waals surface area (Å²) in [6, 6.07) is 20.2. The van der Waals surface area contributed by atoms with Crippen molar-refractivity contribution >= 4 is 45.5 Å². The van der Waals surface area contributed by atoms with Crippen LogP contribution in [0.3, 0.4) is 0 Å². The second-order valence-electron chi connectivity index (χ2n) is 11.0. The molecule has 1 fully saturated rings. The maximum Gasteiger partial charge on any atom is 0.269 e. The molecular formula is C34H31FN4O3S. The second kappa shape index (κ2) is 11.4. The van der Waals surface area contributed by atoms with Crippen LogP contribution < -0.4 is 20.1 Å². The maximum absolute atomic E-state index is 14.1. The number of anilines is 1. The Bertz CT molecular complexity index is 2050. The van der Waals surface area contributed by atoms with E-state index in [1.807, 2.05) is 72.3 Å². The van der Waals surface area contributed by atoms with Crippen LogP contribution in [-0.4, -0.2) is 52.8 Å². The van der Waals surface area contributed by atoms with Gasteiger partial charge in [-0.15, -0.1) is 11.3 Å². The maximum atomic E-state index is 14.1. The van der Waals surface area contributed by atoms with Crippen LogP contribution in [0.15, 0.2) is 77.7 Å². The van der Waals surface area contributed by atoms with Crippen LogP contribution in [-0.2, 0) is 16.1 Å². The van der Waals surface area contributed by atoms with Gasteiger partial charge >= 0.3 is 0 Å². The van der Waals surface area contributed by atoms with E-state index >= 15 is 0 Å². The predicted octanol–water partition coefficient (Wildman–Crippen LogP) is 4.00. The molecule has 43 heavy (non-hydrogen) atoms. The van der Waals surface area contributed by atoms with Gasteiger partial charge in [0.05, 0.1) is 28.8 Å². The van der Waals surface area contributed by atoms with Crippen LogP contribution in [0.1, 0.15) is 23.1 Å². The van der Waals surface area contributed by atoms with Gasteiger partial charge in [0.1, 0.15) is 10.5 Å². The van der Waals surface area contributed by atoms with E-state index in [1.165, 1.54) is 23.5 Å². The molecule has 3 aromatic carbocycles. The Morgan fingerprint density at radius 2 is 1.84 bits per heavy atom. The van der Waals surface area contributed by atoms with Crippen molar-refractivity contribution in [2.24, 2.45) is 0 Å². The first-order valence-corrected chi connectivity index (χ1v) is 15.3. The van der Waals surface area contributed by atoms with Crippen molar-refractivity contribution in [3.8, 4) is 5.69 Å². The Labute approximate surface area is 251 Å². The van der Waals surface area contributed by atoms with E-state index in [9.17, 15) is 14.0 Å². The summed E-state index contributed by atoms with van der Waals surface area (Å²) in [5.74, 6) is -0.510. The van der Waals surface area contributed by atoms with Crippen LogP contribution in [0.4, 0.5) is 10.1 Å². The molecule has 0 unspecified atom stereocenters. The van der Waals surface area contributed by atoms with Gasteiger partial charge in [0.25, 0.3) is 11.5 Å².